The average molecular weight is 483 g/mol. The molecule has 2 heterocycles. The van der Waals surface area contributed by atoms with Gasteiger partial charge >= 0.3 is 0 Å². The number of nitro benzene ring substituents is 1. The van der Waals surface area contributed by atoms with E-state index in [0.29, 0.717) is 10.9 Å². The largest absolute Gasteiger partial charge is 0.343 e. The lowest BCUT2D eigenvalue weighted by Gasteiger charge is -2.23. The Morgan fingerprint density at radius 1 is 1.11 bits per heavy atom. The highest BCUT2D eigenvalue weighted by molar-refractivity contribution is 6.07. The molecule has 4 rings (SSSR count). The lowest BCUT2D eigenvalue weighted by molar-refractivity contribution is -0.384. The topological polar surface area (TPSA) is 135 Å². The van der Waals surface area contributed by atoms with E-state index >= 15 is 0 Å². The molecule has 180 valence electrons. The van der Waals surface area contributed by atoms with Gasteiger partial charge in [0.05, 0.1) is 29.1 Å². The number of carbonyl (C=O) groups excluding carboxylic acids is 3. The van der Waals surface area contributed by atoms with Gasteiger partial charge in [0.2, 0.25) is 11.8 Å². The number of non-ortho nitro benzene ring substituents is 1. The highest BCUT2D eigenvalue weighted by atomic mass is 19.3. The van der Waals surface area contributed by atoms with E-state index < -0.39 is 54.1 Å². The molecule has 35 heavy (non-hydrogen) atoms. The Kier molecular flexibility index (Phi) is 6.36. The molecule has 2 aromatic carbocycles. The molecule has 3 aromatic rings. The van der Waals surface area contributed by atoms with Crippen LogP contribution in [0.4, 0.5) is 20.2 Å². The number of hydrogen-bond acceptors (Lipinski definition) is 6. The smallest absolute Gasteiger partial charge is 0.269 e. The van der Waals surface area contributed by atoms with Crippen LogP contribution in [-0.2, 0) is 9.59 Å². The normalized spacial score (nSPS) is 16.6. The molecule has 3 amide bonds. The molecule has 0 spiro atoms. The molecule has 12 heteroatoms. The molecule has 0 radical (unpaired) electrons. The van der Waals surface area contributed by atoms with E-state index in [1.54, 1.807) is 24.3 Å². The van der Waals surface area contributed by atoms with Crippen molar-refractivity contribution in [1.29, 1.82) is 0 Å². The SMILES string of the molecule is O=C(NCC(=O)N1CC(F)(F)CC1C(=O)Nc1ccc([N+](=O)[O-])cc1)c1ccnc2ccccc12. The molecule has 1 atom stereocenters. The molecule has 1 unspecified atom stereocenters. The number of fused-ring (bicyclic) bond motifs is 1. The van der Waals surface area contributed by atoms with Crippen LogP contribution in [0.2, 0.25) is 0 Å². The highest BCUT2D eigenvalue weighted by Crippen LogP contribution is 2.33. The Balaban J connectivity index is 1.43. The number of nitrogens with zero attached hydrogens (tertiary/aromatic N) is 3. The molecule has 1 aliphatic heterocycles. The van der Waals surface area contributed by atoms with E-state index in [4.69, 9.17) is 0 Å². The number of hydrogen-bond donors (Lipinski definition) is 2. The number of likely N-dealkylation sites (tertiary alicyclic amines) is 1. The summed E-state index contributed by atoms with van der Waals surface area (Å²) in [4.78, 5) is 53.1. The van der Waals surface area contributed by atoms with Crippen molar-refractivity contribution in [2.24, 2.45) is 0 Å². The zero-order chi connectivity index (χ0) is 25.2. The van der Waals surface area contributed by atoms with Crippen LogP contribution in [0.5, 0.6) is 0 Å². The summed E-state index contributed by atoms with van der Waals surface area (Å²) in [6, 6.07) is 11.7. The Bertz CT molecular complexity index is 1310. The number of anilines is 1. The number of halogens is 2. The van der Waals surface area contributed by atoms with Crippen LogP contribution in [0, 0.1) is 10.1 Å². The number of nitro groups is 1. The van der Waals surface area contributed by atoms with E-state index in [-0.39, 0.29) is 16.9 Å². The van der Waals surface area contributed by atoms with Gasteiger partial charge in [-0.1, -0.05) is 18.2 Å². The second kappa shape index (κ2) is 9.41. The monoisotopic (exact) mass is 483 g/mol. The molecular formula is C23H19F2N5O5. The molecule has 2 N–H and O–H groups in total. The number of alkyl halides is 2. The van der Waals surface area contributed by atoms with Crippen molar-refractivity contribution in [3.63, 3.8) is 0 Å². The first kappa shape index (κ1) is 23.7. The molecule has 0 bridgehead atoms. The minimum atomic E-state index is -3.29. The molecule has 0 saturated carbocycles. The fraction of sp³-hybridized carbons (Fsp3) is 0.217. The Morgan fingerprint density at radius 2 is 1.83 bits per heavy atom. The third kappa shape index (κ3) is 5.21. The summed E-state index contributed by atoms with van der Waals surface area (Å²) in [6.45, 7) is -1.56. The van der Waals surface area contributed by atoms with Gasteiger partial charge in [0.25, 0.3) is 17.5 Å². The number of nitrogens with one attached hydrogen (secondary N) is 2. The highest BCUT2D eigenvalue weighted by Gasteiger charge is 2.49. The van der Waals surface area contributed by atoms with E-state index in [9.17, 15) is 33.3 Å². The van der Waals surface area contributed by atoms with Gasteiger partial charge in [0.15, 0.2) is 0 Å². The number of pyridine rings is 1. The fourth-order valence-electron chi connectivity index (χ4n) is 3.85. The van der Waals surface area contributed by atoms with Crippen LogP contribution in [0.3, 0.4) is 0 Å². The predicted molar refractivity (Wildman–Crippen MR) is 121 cm³/mol. The fourth-order valence-corrected chi connectivity index (χ4v) is 3.85. The van der Waals surface area contributed by atoms with Crippen LogP contribution < -0.4 is 10.6 Å². The third-order valence-electron chi connectivity index (χ3n) is 5.53. The van der Waals surface area contributed by atoms with Gasteiger partial charge in [-0.05, 0) is 24.3 Å². The summed E-state index contributed by atoms with van der Waals surface area (Å²) in [5, 5.41) is 16.1. The van der Waals surface area contributed by atoms with Gasteiger partial charge in [-0.2, -0.15) is 0 Å². The first-order chi connectivity index (χ1) is 16.6. The maximum atomic E-state index is 14.1. The summed E-state index contributed by atoms with van der Waals surface area (Å²) < 4.78 is 28.3. The van der Waals surface area contributed by atoms with Gasteiger partial charge in [-0.3, -0.25) is 29.5 Å². The molecule has 1 fully saturated rings. The minimum absolute atomic E-state index is 0.154. The molecule has 0 aliphatic carbocycles. The number of carbonyl (C=O) groups is 3. The van der Waals surface area contributed by atoms with Gasteiger partial charge in [-0.25, -0.2) is 8.78 Å². The second-order valence-electron chi connectivity index (χ2n) is 7.95. The molecule has 1 aromatic heterocycles. The van der Waals surface area contributed by atoms with E-state index in [2.05, 4.69) is 15.6 Å². The quantitative estimate of drug-likeness (QED) is 0.409. The van der Waals surface area contributed by atoms with Crippen molar-refractivity contribution in [1.82, 2.24) is 15.2 Å². The average Bonchev–Trinajstić information content (AvgIpc) is 3.18. The van der Waals surface area contributed by atoms with Gasteiger partial charge in [0.1, 0.15) is 6.04 Å². The lowest BCUT2D eigenvalue weighted by atomic mass is 10.1. The maximum Gasteiger partial charge on any atom is 0.269 e. The predicted octanol–water partition coefficient (Wildman–Crippen LogP) is 2.75. The van der Waals surface area contributed by atoms with Crippen molar-refractivity contribution in [3.05, 3.63) is 76.5 Å². The van der Waals surface area contributed by atoms with Crippen LogP contribution in [0.25, 0.3) is 10.9 Å². The maximum absolute atomic E-state index is 14.1. The molecule has 1 saturated heterocycles. The van der Waals surface area contributed by atoms with E-state index in [1.807, 2.05) is 0 Å². The summed E-state index contributed by atoms with van der Waals surface area (Å²) in [5.74, 6) is -5.60. The van der Waals surface area contributed by atoms with Crippen LogP contribution in [-0.4, -0.2) is 57.6 Å². The van der Waals surface area contributed by atoms with Crippen molar-refractivity contribution in [2.75, 3.05) is 18.4 Å². The minimum Gasteiger partial charge on any atom is -0.343 e. The standard InChI is InChI=1S/C23H19F2N5O5/c24-23(25)11-19(22(33)28-14-5-7-15(8-6-14)30(34)35)29(13-23)20(31)12-27-21(32)17-9-10-26-18-4-2-1-3-16(17)18/h1-10,19H,11-13H2,(H,27,32)(H,28,33). The molecule has 1 aliphatic rings. The number of benzene rings is 2. The first-order valence-electron chi connectivity index (χ1n) is 10.5. The second-order valence-corrected chi connectivity index (χ2v) is 7.95. The van der Waals surface area contributed by atoms with Crippen LogP contribution in [0.1, 0.15) is 16.8 Å². The van der Waals surface area contributed by atoms with Crippen molar-refractivity contribution in [2.45, 2.75) is 18.4 Å². The Labute approximate surface area is 197 Å². The zero-order valence-corrected chi connectivity index (χ0v) is 18.1. The summed E-state index contributed by atoms with van der Waals surface area (Å²) >= 11 is 0. The number of aromatic nitrogens is 1. The van der Waals surface area contributed by atoms with Gasteiger partial charge in [-0.15, -0.1) is 0 Å². The van der Waals surface area contributed by atoms with Crippen molar-refractivity contribution in [3.8, 4) is 0 Å². The molecule has 10 nitrogen and oxygen atoms in total. The molecular weight excluding hydrogens is 464 g/mol. The lowest BCUT2D eigenvalue weighted by Crippen LogP contribution is -2.47. The zero-order valence-electron chi connectivity index (χ0n) is 18.1. The number of para-hydroxylation sites is 1. The van der Waals surface area contributed by atoms with Gasteiger partial charge in [0, 0.05) is 35.8 Å². The van der Waals surface area contributed by atoms with Crippen molar-refractivity contribution >= 4 is 40.0 Å². The van der Waals surface area contributed by atoms with Crippen molar-refractivity contribution < 1.29 is 28.1 Å². The van der Waals surface area contributed by atoms with E-state index in [1.165, 1.54) is 24.4 Å². The van der Waals surface area contributed by atoms with Gasteiger partial charge < -0.3 is 15.5 Å². The Hall–Kier alpha value is -4.48. The number of amides is 3. The van der Waals surface area contributed by atoms with Crippen LogP contribution >= 0.6 is 0 Å². The van der Waals surface area contributed by atoms with E-state index in [0.717, 1.165) is 17.0 Å². The van der Waals surface area contributed by atoms with Crippen LogP contribution in [0.15, 0.2) is 60.8 Å². The summed E-state index contributed by atoms with van der Waals surface area (Å²) in [5.41, 5.74) is 0.794. The number of rotatable bonds is 6. The summed E-state index contributed by atoms with van der Waals surface area (Å²) in [6.07, 6.45) is 0.555. The first-order valence-corrected chi connectivity index (χ1v) is 10.5. The summed E-state index contributed by atoms with van der Waals surface area (Å²) in [7, 11) is 0. The Morgan fingerprint density at radius 3 is 2.54 bits per heavy atom. The third-order valence-corrected chi connectivity index (χ3v) is 5.53.